The molecule has 0 heterocycles. The number of rotatable bonds is 1. The zero-order chi connectivity index (χ0) is 7.44. The van der Waals surface area contributed by atoms with Gasteiger partial charge in [0.15, 0.2) is 0 Å². The van der Waals surface area contributed by atoms with E-state index in [1.54, 1.807) is 6.92 Å². The molecule has 0 aromatic heterocycles. The zero-order valence-electron chi connectivity index (χ0n) is 5.47. The molecule has 0 aliphatic carbocycles. The van der Waals surface area contributed by atoms with E-state index in [4.69, 9.17) is 11.5 Å². The van der Waals surface area contributed by atoms with Gasteiger partial charge in [0.2, 0.25) is 5.88 Å². The molecule has 4 heteroatoms. The van der Waals surface area contributed by atoms with Crippen LogP contribution in [0.2, 0.25) is 0 Å². The summed E-state index contributed by atoms with van der Waals surface area (Å²) in [6.07, 6.45) is 0. The van der Waals surface area contributed by atoms with Crippen LogP contribution in [0.25, 0.3) is 0 Å². The molecule has 0 fully saturated rings. The summed E-state index contributed by atoms with van der Waals surface area (Å²) in [5, 5.41) is 0. The van der Waals surface area contributed by atoms with Crippen molar-refractivity contribution in [1.82, 2.24) is 0 Å². The Morgan fingerprint density at radius 2 is 1.78 bits per heavy atom. The Morgan fingerprint density at radius 3 is 1.89 bits per heavy atom. The van der Waals surface area contributed by atoms with Gasteiger partial charge in [-0.3, -0.25) is 4.79 Å². The molecule has 0 saturated carbocycles. The third-order valence-corrected chi connectivity index (χ3v) is 0.642. The Bertz CT molecular complexity index is 147. The predicted octanol–water partition coefficient (Wildman–Crippen LogP) is -0.344. The summed E-state index contributed by atoms with van der Waals surface area (Å²) in [5.74, 6) is -0.486. The molecule has 0 bridgehead atoms. The third-order valence-electron chi connectivity index (χ3n) is 0.642. The smallest absolute Gasteiger partial charge is 0.309 e. The van der Waals surface area contributed by atoms with E-state index in [1.165, 1.54) is 6.92 Å². The molecular formula is C5H10N2O2. The number of nitrogens with two attached hydrogens (primary N) is 2. The van der Waals surface area contributed by atoms with E-state index in [0.717, 1.165) is 0 Å². The second kappa shape index (κ2) is 2.96. The molecule has 0 aliphatic rings. The molecule has 0 atom stereocenters. The van der Waals surface area contributed by atoms with Gasteiger partial charge in [0.05, 0.1) is 5.70 Å². The first-order valence-corrected chi connectivity index (χ1v) is 2.44. The average Bonchev–Trinajstić information content (AvgIpc) is 1.63. The highest BCUT2D eigenvalue weighted by Crippen LogP contribution is 1.91. The van der Waals surface area contributed by atoms with Crippen molar-refractivity contribution >= 4 is 5.97 Å². The van der Waals surface area contributed by atoms with Gasteiger partial charge in [-0.1, -0.05) is 0 Å². The standard InChI is InChI=1S/C5H10N2O2/c1-3(6)5(7)9-4(2)8/h6-7H2,1-2H3/b5-3-. The first kappa shape index (κ1) is 7.81. The van der Waals surface area contributed by atoms with Gasteiger partial charge in [-0.05, 0) is 6.92 Å². The van der Waals surface area contributed by atoms with Crippen LogP contribution in [0.15, 0.2) is 11.6 Å². The lowest BCUT2D eigenvalue weighted by atomic mass is 10.5. The number of carbonyl (C=O) groups excluding carboxylic acids is 1. The van der Waals surface area contributed by atoms with Crippen molar-refractivity contribution in [1.29, 1.82) is 0 Å². The molecular weight excluding hydrogens is 120 g/mol. The number of ether oxygens (including phenoxy) is 1. The minimum Gasteiger partial charge on any atom is -0.408 e. The lowest BCUT2D eigenvalue weighted by molar-refractivity contribution is -0.137. The van der Waals surface area contributed by atoms with E-state index in [0.29, 0.717) is 5.70 Å². The van der Waals surface area contributed by atoms with E-state index in [2.05, 4.69) is 4.74 Å². The van der Waals surface area contributed by atoms with E-state index < -0.39 is 5.97 Å². The zero-order valence-corrected chi connectivity index (χ0v) is 5.47. The van der Waals surface area contributed by atoms with Gasteiger partial charge in [0, 0.05) is 6.92 Å². The molecule has 4 N–H and O–H groups in total. The summed E-state index contributed by atoms with van der Waals surface area (Å²) in [4.78, 5) is 10.2. The van der Waals surface area contributed by atoms with Gasteiger partial charge in [-0.15, -0.1) is 0 Å². The highest BCUT2D eigenvalue weighted by atomic mass is 16.5. The Hall–Kier alpha value is -1.19. The molecule has 0 saturated heterocycles. The largest absolute Gasteiger partial charge is 0.408 e. The summed E-state index contributed by atoms with van der Waals surface area (Å²) in [7, 11) is 0. The van der Waals surface area contributed by atoms with E-state index >= 15 is 0 Å². The van der Waals surface area contributed by atoms with E-state index in [1.807, 2.05) is 0 Å². The maximum absolute atomic E-state index is 10.2. The fourth-order valence-corrected chi connectivity index (χ4v) is 0.235. The van der Waals surface area contributed by atoms with Gasteiger partial charge in [0.1, 0.15) is 0 Å². The molecule has 0 aromatic rings. The summed E-state index contributed by atoms with van der Waals surface area (Å²) in [6, 6.07) is 0. The van der Waals surface area contributed by atoms with Crippen molar-refractivity contribution in [3.63, 3.8) is 0 Å². The molecule has 0 amide bonds. The fraction of sp³-hybridized carbons (Fsp3) is 0.400. The first-order valence-electron chi connectivity index (χ1n) is 2.44. The van der Waals surface area contributed by atoms with Crippen molar-refractivity contribution in [3.05, 3.63) is 11.6 Å². The van der Waals surface area contributed by atoms with Crippen LogP contribution in [0.4, 0.5) is 0 Å². The summed E-state index contributed by atoms with van der Waals surface area (Å²) < 4.78 is 4.41. The van der Waals surface area contributed by atoms with Gasteiger partial charge >= 0.3 is 5.97 Å². The average molecular weight is 130 g/mol. The highest BCUT2D eigenvalue weighted by Gasteiger charge is 1.96. The maximum Gasteiger partial charge on any atom is 0.309 e. The van der Waals surface area contributed by atoms with Crippen LogP contribution in [0.1, 0.15) is 13.8 Å². The monoisotopic (exact) mass is 130 g/mol. The number of allylic oxidation sites excluding steroid dienone is 1. The minimum atomic E-state index is -0.461. The lowest BCUT2D eigenvalue weighted by Gasteiger charge is -2.00. The highest BCUT2D eigenvalue weighted by molar-refractivity contribution is 5.67. The Kier molecular flexibility index (Phi) is 2.57. The van der Waals surface area contributed by atoms with Gasteiger partial charge in [-0.25, -0.2) is 0 Å². The van der Waals surface area contributed by atoms with Crippen molar-refractivity contribution in [3.8, 4) is 0 Å². The Labute approximate surface area is 53.5 Å². The van der Waals surface area contributed by atoms with Crippen LogP contribution in [0.5, 0.6) is 0 Å². The molecule has 0 aliphatic heterocycles. The Morgan fingerprint density at radius 1 is 1.33 bits per heavy atom. The maximum atomic E-state index is 10.2. The number of carbonyl (C=O) groups is 1. The molecule has 0 radical (unpaired) electrons. The molecule has 0 spiro atoms. The van der Waals surface area contributed by atoms with Crippen LogP contribution < -0.4 is 11.5 Å². The number of esters is 1. The summed E-state index contributed by atoms with van der Waals surface area (Å²) in [6.45, 7) is 2.81. The fourth-order valence-electron chi connectivity index (χ4n) is 0.235. The summed E-state index contributed by atoms with van der Waals surface area (Å²) in [5.41, 5.74) is 10.6. The Balaban J connectivity index is 3.92. The summed E-state index contributed by atoms with van der Waals surface area (Å²) >= 11 is 0. The second-order valence-electron chi connectivity index (χ2n) is 1.64. The SMILES string of the molecule is CC(=O)O/C(N)=C(/C)N. The molecule has 0 rings (SSSR count). The number of hydrogen-bond acceptors (Lipinski definition) is 4. The second-order valence-corrected chi connectivity index (χ2v) is 1.64. The van der Waals surface area contributed by atoms with Crippen LogP contribution >= 0.6 is 0 Å². The van der Waals surface area contributed by atoms with Crippen molar-refractivity contribution < 1.29 is 9.53 Å². The molecule has 0 unspecified atom stereocenters. The van der Waals surface area contributed by atoms with E-state index in [9.17, 15) is 4.79 Å². The van der Waals surface area contributed by atoms with Gasteiger partial charge in [0.25, 0.3) is 0 Å². The topological polar surface area (TPSA) is 78.3 Å². The minimum absolute atomic E-state index is 0.0255. The predicted molar refractivity (Wildman–Crippen MR) is 32.8 cm³/mol. The van der Waals surface area contributed by atoms with Crippen molar-refractivity contribution in [2.45, 2.75) is 13.8 Å². The molecule has 52 valence electrons. The van der Waals surface area contributed by atoms with E-state index in [-0.39, 0.29) is 5.88 Å². The van der Waals surface area contributed by atoms with Crippen LogP contribution in [-0.4, -0.2) is 5.97 Å². The van der Waals surface area contributed by atoms with Crippen LogP contribution in [0.3, 0.4) is 0 Å². The van der Waals surface area contributed by atoms with Crippen molar-refractivity contribution in [2.75, 3.05) is 0 Å². The molecule has 9 heavy (non-hydrogen) atoms. The van der Waals surface area contributed by atoms with Crippen LogP contribution in [-0.2, 0) is 9.53 Å². The third kappa shape index (κ3) is 3.40. The normalized spacial score (nSPS) is 12.2. The first-order chi connectivity index (χ1) is 4.04. The van der Waals surface area contributed by atoms with Gasteiger partial charge in [-0.2, -0.15) is 0 Å². The van der Waals surface area contributed by atoms with Gasteiger partial charge < -0.3 is 16.2 Å². The molecule has 0 aromatic carbocycles. The molecule has 4 nitrogen and oxygen atoms in total. The quantitative estimate of drug-likeness (QED) is 0.376. The van der Waals surface area contributed by atoms with Crippen LogP contribution in [0, 0.1) is 0 Å². The number of hydrogen-bond donors (Lipinski definition) is 2. The lowest BCUT2D eigenvalue weighted by Crippen LogP contribution is -2.12. The van der Waals surface area contributed by atoms with Crippen molar-refractivity contribution in [2.24, 2.45) is 11.5 Å².